The monoisotopic (exact) mass is 256 g/mol. The van der Waals surface area contributed by atoms with E-state index in [0.29, 0.717) is 24.3 Å². The molecular weight excluding hydrogens is 240 g/mol. The molecule has 1 aromatic rings. The first-order chi connectivity index (χ1) is 8.08. The molecule has 0 aliphatic heterocycles. The van der Waals surface area contributed by atoms with Gasteiger partial charge in [-0.2, -0.15) is 0 Å². The molecule has 0 radical (unpaired) electrons. The van der Waals surface area contributed by atoms with E-state index in [1.807, 2.05) is 13.8 Å². The van der Waals surface area contributed by atoms with Crippen LogP contribution in [0.15, 0.2) is 24.3 Å². The zero-order valence-electron chi connectivity index (χ0n) is 9.84. The van der Waals surface area contributed by atoms with Gasteiger partial charge < -0.3 is 4.90 Å². The van der Waals surface area contributed by atoms with Crippen molar-refractivity contribution in [3.8, 4) is 0 Å². The fraction of sp³-hybridized carbons (Fsp3) is 0.364. The normalized spacial score (nSPS) is 11.9. The van der Waals surface area contributed by atoms with Crippen molar-refractivity contribution in [3.05, 3.63) is 29.8 Å². The van der Waals surface area contributed by atoms with Crippen LogP contribution in [-0.4, -0.2) is 32.7 Å². The van der Waals surface area contributed by atoms with E-state index in [1.165, 1.54) is 0 Å². The summed E-state index contributed by atoms with van der Waals surface area (Å²) in [5.41, 5.74) is 1.07. The number of amides is 1. The van der Waals surface area contributed by atoms with E-state index in [9.17, 15) is 9.00 Å². The standard InChI is InChI=1S/C11H16N2O3S/c1-3-13(4-2)11(14)9-5-7-10(8-6-9)12-17(15)16/h5-8,12H,3-4H2,1-2H3,(H,15,16). The third kappa shape index (κ3) is 3.83. The summed E-state index contributed by atoms with van der Waals surface area (Å²) in [6.07, 6.45) is 0. The van der Waals surface area contributed by atoms with Crippen LogP contribution in [0, 0.1) is 0 Å². The number of nitrogens with zero attached hydrogens (tertiary/aromatic N) is 1. The number of benzene rings is 1. The van der Waals surface area contributed by atoms with E-state index in [0.717, 1.165) is 0 Å². The van der Waals surface area contributed by atoms with Gasteiger partial charge in [0.15, 0.2) is 0 Å². The van der Waals surface area contributed by atoms with Crippen LogP contribution in [0.25, 0.3) is 0 Å². The molecule has 94 valence electrons. The number of nitrogens with one attached hydrogen (secondary N) is 1. The van der Waals surface area contributed by atoms with E-state index in [1.54, 1.807) is 29.2 Å². The highest BCUT2D eigenvalue weighted by Gasteiger charge is 2.11. The third-order valence-electron chi connectivity index (χ3n) is 2.39. The van der Waals surface area contributed by atoms with Crippen LogP contribution in [0.2, 0.25) is 0 Å². The summed E-state index contributed by atoms with van der Waals surface area (Å²) in [7, 11) is 0. The predicted molar refractivity (Wildman–Crippen MR) is 68.1 cm³/mol. The minimum Gasteiger partial charge on any atom is -0.339 e. The van der Waals surface area contributed by atoms with Crippen LogP contribution in [0.3, 0.4) is 0 Å². The number of hydrogen-bond acceptors (Lipinski definition) is 2. The smallest absolute Gasteiger partial charge is 0.259 e. The molecule has 2 N–H and O–H groups in total. The van der Waals surface area contributed by atoms with E-state index in [2.05, 4.69) is 4.72 Å². The molecular formula is C11H16N2O3S. The van der Waals surface area contributed by atoms with Gasteiger partial charge in [-0.05, 0) is 38.1 Å². The highest BCUT2D eigenvalue weighted by Crippen LogP contribution is 2.11. The molecule has 1 aromatic carbocycles. The van der Waals surface area contributed by atoms with Crippen molar-refractivity contribution in [2.24, 2.45) is 0 Å². The molecule has 0 spiro atoms. The predicted octanol–water partition coefficient (Wildman–Crippen LogP) is 1.72. The number of hydrogen-bond donors (Lipinski definition) is 2. The molecule has 0 saturated carbocycles. The Bertz CT molecular complexity index is 402. The van der Waals surface area contributed by atoms with Crippen LogP contribution in [0.1, 0.15) is 24.2 Å². The Balaban J connectivity index is 2.80. The molecule has 1 amide bonds. The second kappa shape index (κ2) is 6.36. The minimum absolute atomic E-state index is 0.0355. The summed E-state index contributed by atoms with van der Waals surface area (Å²) in [6, 6.07) is 6.47. The third-order valence-corrected chi connectivity index (χ3v) is 2.80. The lowest BCUT2D eigenvalue weighted by Crippen LogP contribution is -2.30. The lowest BCUT2D eigenvalue weighted by molar-refractivity contribution is 0.0773. The van der Waals surface area contributed by atoms with Gasteiger partial charge >= 0.3 is 0 Å². The zero-order chi connectivity index (χ0) is 12.8. The Hall–Kier alpha value is -1.40. The zero-order valence-corrected chi connectivity index (χ0v) is 10.7. The molecule has 0 saturated heterocycles. The first kappa shape index (κ1) is 13.7. The fourth-order valence-corrected chi connectivity index (χ4v) is 1.81. The average Bonchev–Trinajstić information content (AvgIpc) is 2.30. The van der Waals surface area contributed by atoms with Crippen LogP contribution < -0.4 is 4.72 Å². The molecule has 1 unspecified atom stereocenters. The maximum atomic E-state index is 11.9. The van der Waals surface area contributed by atoms with Gasteiger partial charge in [-0.3, -0.25) is 14.1 Å². The quantitative estimate of drug-likeness (QED) is 0.788. The molecule has 6 heteroatoms. The van der Waals surface area contributed by atoms with Crippen LogP contribution in [0.5, 0.6) is 0 Å². The van der Waals surface area contributed by atoms with Crippen LogP contribution >= 0.6 is 0 Å². The molecule has 17 heavy (non-hydrogen) atoms. The van der Waals surface area contributed by atoms with Crippen molar-refractivity contribution in [3.63, 3.8) is 0 Å². The minimum atomic E-state index is -2.09. The number of rotatable bonds is 5. The Kier molecular flexibility index (Phi) is 5.11. The van der Waals surface area contributed by atoms with Gasteiger partial charge in [0.1, 0.15) is 0 Å². The molecule has 0 aromatic heterocycles. The first-order valence-corrected chi connectivity index (χ1v) is 6.46. The topological polar surface area (TPSA) is 69.6 Å². The Morgan fingerprint density at radius 2 is 1.82 bits per heavy atom. The average molecular weight is 256 g/mol. The second-order valence-electron chi connectivity index (χ2n) is 3.41. The molecule has 0 aliphatic rings. The largest absolute Gasteiger partial charge is 0.339 e. The highest BCUT2D eigenvalue weighted by molar-refractivity contribution is 7.80. The highest BCUT2D eigenvalue weighted by atomic mass is 32.2. The van der Waals surface area contributed by atoms with Crippen molar-refractivity contribution in [2.45, 2.75) is 13.8 Å². The lowest BCUT2D eigenvalue weighted by atomic mass is 10.2. The van der Waals surface area contributed by atoms with E-state index in [4.69, 9.17) is 4.55 Å². The molecule has 0 heterocycles. The Morgan fingerprint density at radius 1 is 1.29 bits per heavy atom. The van der Waals surface area contributed by atoms with Crippen LogP contribution in [-0.2, 0) is 11.3 Å². The fourth-order valence-electron chi connectivity index (χ4n) is 1.48. The maximum absolute atomic E-state index is 11.9. The van der Waals surface area contributed by atoms with E-state index >= 15 is 0 Å². The summed E-state index contributed by atoms with van der Waals surface area (Å²) in [6.45, 7) is 5.17. The van der Waals surface area contributed by atoms with Gasteiger partial charge in [0.2, 0.25) is 0 Å². The van der Waals surface area contributed by atoms with Crippen molar-refractivity contribution < 1.29 is 13.6 Å². The second-order valence-corrected chi connectivity index (χ2v) is 4.11. The molecule has 0 fully saturated rings. The molecule has 0 bridgehead atoms. The van der Waals surface area contributed by atoms with Gasteiger partial charge in [-0.1, -0.05) is 0 Å². The summed E-state index contributed by atoms with van der Waals surface area (Å²) in [5.74, 6) is -0.0355. The molecule has 0 aliphatic carbocycles. The summed E-state index contributed by atoms with van der Waals surface area (Å²) in [5, 5.41) is 0. The van der Waals surface area contributed by atoms with Crippen molar-refractivity contribution >= 4 is 22.9 Å². The van der Waals surface area contributed by atoms with E-state index in [-0.39, 0.29) is 5.91 Å². The Labute approximate surface area is 103 Å². The van der Waals surface area contributed by atoms with Crippen LogP contribution in [0.4, 0.5) is 5.69 Å². The molecule has 5 nitrogen and oxygen atoms in total. The first-order valence-electron chi connectivity index (χ1n) is 5.35. The lowest BCUT2D eigenvalue weighted by Gasteiger charge is -2.18. The van der Waals surface area contributed by atoms with Crippen molar-refractivity contribution in [1.82, 2.24) is 4.90 Å². The van der Waals surface area contributed by atoms with Gasteiger partial charge in [-0.25, -0.2) is 4.21 Å². The Morgan fingerprint density at radius 3 is 2.24 bits per heavy atom. The van der Waals surface area contributed by atoms with Gasteiger partial charge in [0, 0.05) is 24.3 Å². The number of carbonyl (C=O) groups excluding carboxylic acids is 1. The summed E-state index contributed by atoms with van der Waals surface area (Å²) in [4.78, 5) is 13.7. The number of anilines is 1. The van der Waals surface area contributed by atoms with Crippen molar-refractivity contribution in [2.75, 3.05) is 17.8 Å². The van der Waals surface area contributed by atoms with Gasteiger partial charge in [-0.15, -0.1) is 0 Å². The van der Waals surface area contributed by atoms with Gasteiger partial charge in [0.05, 0.1) is 0 Å². The summed E-state index contributed by atoms with van der Waals surface area (Å²) >= 11 is -2.09. The van der Waals surface area contributed by atoms with E-state index < -0.39 is 11.3 Å². The molecule has 1 rings (SSSR count). The van der Waals surface area contributed by atoms with Gasteiger partial charge in [0.25, 0.3) is 17.2 Å². The number of carbonyl (C=O) groups is 1. The molecule has 1 atom stereocenters. The SMILES string of the molecule is CCN(CC)C(=O)c1ccc(NS(=O)O)cc1. The summed E-state index contributed by atoms with van der Waals surface area (Å²) < 4.78 is 21.5. The van der Waals surface area contributed by atoms with Crippen molar-refractivity contribution in [1.29, 1.82) is 0 Å². The maximum Gasteiger partial charge on any atom is 0.259 e.